The standard InChI is InChI=1S/C5H3BrN4O/c6-5-8-3-4(11)7-1-2-10(3)9-5/h1-2H,(H,7,11). The third kappa shape index (κ3) is 0.949. The molecular formula is C5H3BrN4O. The van der Waals surface area contributed by atoms with Gasteiger partial charge in [-0.2, -0.15) is 4.98 Å². The summed E-state index contributed by atoms with van der Waals surface area (Å²) in [7, 11) is 0. The fourth-order valence-corrected chi connectivity index (χ4v) is 1.14. The molecule has 0 aliphatic rings. The van der Waals surface area contributed by atoms with Crippen LogP contribution in [0.15, 0.2) is 21.9 Å². The molecule has 1 N–H and O–H groups in total. The third-order valence-electron chi connectivity index (χ3n) is 1.24. The zero-order valence-corrected chi connectivity index (χ0v) is 6.87. The second-order valence-corrected chi connectivity index (χ2v) is 2.65. The van der Waals surface area contributed by atoms with Crippen LogP contribution in [0.3, 0.4) is 0 Å². The smallest absolute Gasteiger partial charge is 0.293 e. The van der Waals surface area contributed by atoms with Crippen molar-refractivity contribution in [1.29, 1.82) is 0 Å². The fraction of sp³-hybridized carbons (Fsp3) is 0. The predicted molar refractivity (Wildman–Crippen MR) is 41.3 cm³/mol. The van der Waals surface area contributed by atoms with Gasteiger partial charge in [0.2, 0.25) is 10.4 Å². The Hall–Kier alpha value is -1.17. The van der Waals surface area contributed by atoms with Crippen LogP contribution in [0, 0.1) is 0 Å². The van der Waals surface area contributed by atoms with E-state index in [4.69, 9.17) is 0 Å². The van der Waals surface area contributed by atoms with E-state index in [0.29, 0.717) is 10.4 Å². The summed E-state index contributed by atoms with van der Waals surface area (Å²) in [5.74, 6) is 0. The van der Waals surface area contributed by atoms with Crippen LogP contribution in [-0.2, 0) is 0 Å². The van der Waals surface area contributed by atoms with E-state index in [1.54, 1.807) is 6.20 Å². The zero-order valence-electron chi connectivity index (χ0n) is 5.28. The van der Waals surface area contributed by atoms with Gasteiger partial charge in [-0.05, 0) is 15.9 Å². The van der Waals surface area contributed by atoms with Gasteiger partial charge in [-0.1, -0.05) is 0 Å². The Kier molecular flexibility index (Phi) is 1.28. The summed E-state index contributed by atoms with van der Waals surface area (Å²) in [6.07, 6.45) is 3.13. The number of hydrogen-bond acceptors (Lipinski definition) is 3. The van der Waals surface area contributed by atoms with Gasteiger partial charge in [0.05, 0.1) is 0 Å². The van der Waals surface area contributed by atoms with Gasteiger partial charge in [-0.25, -0.2) is 4.52 Å². The summed E-state index contributed by atoms with van der Waals surface area (Å²) in [6.45, 7) is 0. The molecule has 2 aromatic heterocycles. The zero-order chi connectivity index (χ0) is 7.84. The van der Waals surface area contributed by atoms with E-state index in [1.165, 1.54) is 10.7 Å². The van der Waals surface area contributed by atoms with Gasteiger partial charge in [0.25, 0.3) is 5.56 Å². The van der Waals surface area contributed by atoms with E-state index in [-0.39, 0.29) is 5.56 Å². The number of H-pyrrole nitrogens is 1. The fourth-order valence-electron chi connectivity index (χ4n) is 0.804. The van der Waals surface area contributed by atoms with Crippen molar-refractivity contribution in [3.63, 3.8) is 0 Å². The van der Waals surface area contributed by atoms with Crippen LogP contribution in [-0.4, -0.2) is 19.6 Å². The van der Waals surface area contributed by atoms with Crippen molar-refractivity contribution in [1.82, 2.24) is 19.6 Å². The van der Waals surface area contributed by atoms with Gasteiger partial charge in [0, 0.05) is 12.4 Å². The van der Waals surface area contributed by atoms with Crippen molar-refractivity contribution >= 4 is 21.6 Å². The molecule has 0 radical (unpaired) electrons. The number of nitrogens with one attached hydrogen (secondary N) is 1. The second kappa shape index (κ2) is 2.16. The maximum Gasteiger partial charge on any atom is 0.293 e. The van der Waals surface area contributed by atoms with Crippen molar-refractivity contribution in [3.05, 3.63) is 27.5 Å². The maximum absolute atomic E-state index is 11.0. The Balaban J connectivity index is 3.02. The highest BCUT2D eigenvalue weighted by Crippen LogP contribution is 2.00. The van der Waals surface area contributed by atoms with Crippen molar-refractivity contribution in [2.45, 2.75) is 0 Å². The lowest BCUT2D eigenvalue weighted by Crippen LogP contribution is -2.08. The molecule has 0 bridgehead atoms. The topological polar surface area (TPSA) is 63.0 Å². The number of aromatic amines is 1. The molecule has 0 atom stereocenters. The average molecular weight is 215 g/mol. The molecule has 0 fully saturated rings. The van der Waals surface area contributed by atoms with Gasteiger partial charge in [0.15, 0.2) is 0 Å². The first-order chi connectivity index (χ1) is 5.27. The highest BCUT2D eigenvalue weighted by atomic mass is 79.9. The number of hydrogen-bond donors (Lipinski definition) is 1. The first-order valence-electron chi connectivity index (χ1n) is 2.87. The number of halogens is 1. The second-order valence-electron chi connectivity index (χ2n) is 1.94. The van der Waals surface area contributed by atoms with Crippen LogP contribution in [0.2, 0.25) is 0 Å². The Morgan fingerprint density at radius 2 is 2.45 bits per heavy atom. The highest BCUT2D eigenvalue weighted by Gasteiger charge is 2.01. The van der Waals surface area contributed by atoms with Crippen LogP contribution in [0.5, 0.6) is 0 Å². The third-order valence-corrected chi connectivity index (χ3v) is 1.57. The van der Waals surface area contributed by atoms with Gasteiger partial charge < -0.3 is 4.98 Å². The van der Waals surface area contributed by atoms with Crippen LogP contribution in [0.4, 0.5) is 0 Å². The van der Waals surface area contributed by atoms with Crippen molar-refractivity contribution in [2.75, 3.05) is 0 Å². The molecule has 56 valence electrons. The highest BCUT2D eigenvalue weighted by molar-refractivity contribution is 9.10. The number of aromatic nitrogens is 4. The van der Waals surface area contributed by atoms with Gasteiger partial charge in [0.1, 0.15) is 0 Å². The normalized spacial score (nSPS) is 10.6. The lowest BCUT2D eigenvalue weighted by atomic mass is 10.7. The molecule has 6 heteroatoms. The van der Waals surface area contributed by atoms with Crippen LogP contribution in [0.1, 0.15) is 0 Å². The van der Waals surface area contributed by atoms with Crippen molar-refractivity contribution in [2.24, 2.45) is 0 Å². The Labute approximate surface area is 69.2 Å². The summed E-state index contributed by atoms with van der Waals surface area (Å²) in [4.78, 5) is 17.3. The van der Waals surface area contributed by atoms with Gasteiger partial charge in [-0.15, -0.1) is 5.10 Å². The molecule has 5 nitrogen and oxygen atoms in total. The minimum Gasteiger partial charge on any atom is -0.324 e. The molecule has 0 aliphatic carbocycles. The Morgan fingerprint density at radius 3 is 3.18 bits per heavy atom. The van der Waals surface area contributed by atoms with Gasteiger partial charge in [-0.3, -0.25) is 4.79 Å². The van der Waals surface area contributed by atoms with Crippen LogP contribution < -0.4 is 5.56 Å². The number of nitrogens with zero attached hydrogens (tertiary/aromatic N) is 3. The van der Waals surface area contributed by atoms with E-state index < -0.39 is 0 Å². The van der Waals surface area contributed by atoms with E-state index in [0.717, 1.165) is 0 Å². The van der Waals surface area contributed by atoms with E-state index in [2.05, 4.69) is 31.0 Å². The summed E-state index contributed by atoms with van der Waals surface area (Å²) in [5.41, 5.74) is 0.0464. The quantitative estimate of drug-likeness (QED) is 0.681. The molecule has 0 spiro atoms. The number of fused-ring (bicyclic) bond motifs is 1. The molecule has 2 heterocycles. The molecular weight excluding hydrogens is 212 g/mol. The molecule has 2 aromatic rings. The van der Waals surface area contributed by atoms with Crippen LogP contribution >= 0.6 is 15.9 Å². The molecule has 2 rings (SSSR count). The molecule has 0 amide bonds. The Bertz CT molecular complexity index is 445. The minimum atomic E-state index is -0.245. The SMILES string of the molecule is O=c1[nH]ccn2nc(Br)nc12. The molecule has 0 saturated carbocycles. The van der Waals surface area contributed by atoms with Crippen molar-refractivity contribution in [3.8, 4) is 0 Å². The lowest BCUT2D eigenvalue weighted by Gasteiger charge is -1.84. The molecule has 0 unspecified atom stereocenters. The van der Waals surface area contributed by atoms with Gasteiger partial charge >= 0.3 is 0 Å². The largest absolute Gasteiger partial charge is 0.324 e. The molecule has 0 saturated heterocycles. The maximum atomic E-state index is 11.0. The van der Waals surface area contributed by atoms with Crippen LogP contribution in [0.25, 0.3) is 5.65 Å². The molecule has 11 heavy (non-hydrogen) atoms. The van der Waals surface area contributed by atoms with Crippen molar-refractivity contribution < 1.29 is 0 Å². The predicted octanol–water partition coefficient (Wildman–Crippen LogP) is 0.180. The summed E-state index contributed by atoms with van der Waals surface area (Å²) < 4.78 is 1.82. The first kappa shape index (κ1) is 6.53. The summed E-state index contributed by atoms with van der Waals surface area (Å²) in [6, 6.07) is 0. The molecule has 0 aliphatic heterocycles. The number of rotatable bonds is 0. The Morgan fingerprint density at radius 1 is 1.64 bits per heavy atom. The average Bonchev–Trinajstić information content (AvgIpc) is 2.31. The minimum absolute atomic E-state index is 0.245. The monoisotopic (exact) mass is 214 g/mol. The van der Waals surface area contributed by atoms with E-state index in [9.17, 15) is 4.79 Å². The first-order valence-corrected chi connectivity index (χ1v) is 3.66. The van der Waals surface area contributed by atoms with E-state index in [1.807, 2.05) is 0 Å². The summed E-state index contributed by atoms with van der Waals surface area (Å²) >= 11 is 3.06. The van der Waals surface area contributed by atoms with E-state index >= 15 is 0 Å². The molecule has 0 aromatic carbocycles. The lowest BCUT2D eigenvalue weighted by molar-refractivity contribution is 0.924. The summed E-state index contributed by atoms with van der Waals surface area (Å²) in [5, 5.41) is 3.88.